The van der Waals surface area contributed by atoms with Gasteiger partial charge in [-0.25, -0.2) is 8.78 Å². The molecule has 0 radical (unpaired) electrons. The van der Waals surface area contributed by atoms with Gasteiger partial charge in [-0.3, -0.25) is 0 Å². The molecule has 0 spiro atoms. The van der Waals surface area contributed by atoms with E-state index in [-0.39, 0.29) is 18.9 Å². The molecule has 0 aromatic heterocycles. The van der Waals surface area contributed by atoms with Crippen LogP contribution in [-0.4, -0.2) is 29.5 Å². The zero-order valence-electron chi connectivity index (χ0n) is 16.4. The molecule has 0 heterocycles. The van der Waals surface area contributed by atoms with Crippen LogP contribution in [0.4, 0.5) is 25.8 Å². The Hall–Kier alpha value is -2.18. The molecule has 27 heavy (non-hydrogen) atoms. The summed E-state index contributed by atoms with van der Waals surface area (Å²) in [5, 5.41) is 21.5. The van der Waals surface area contributed by atoms with Crippen LogP contribution in [0.5, 0.6) is 0 Å². The summed E-state index contributed by atoms with van der Waals surface area (Å²) in [6, 6.07) is 8.95. The number of nitrogens with one attached hydrogen (secondary N) is 2. The quantitative estimate of drug-likeness (QED) is 0.596. The summed E-state index contributed by atoms with van der Waals surface area (Å²) in [5.74, 6) is -1.69. The molecule has 1 saturated carbocycles. The molecule has 6 heteroatoms. The van der Waals surface area contributed by atoms with Gasteiger partial charge in [-0.1, -0.05) is 31.5 Å². The summed E-state index contributed by atoms with van der Waals surface area (Å²) in [6.45, 7) is 7.69. The minimum absolute atomic E-state index is 0.125. The first-order chi connectivity index (χ1) is 13.0. The van der Waals surface area contributed by atoms with Crippen LogP contribution in [0.2, 0.25) is 0 Å². The van der Waals surface area contributed by atoms with Crippen LogP contribution >= 0.6 is 0 Å². The molecule has 4 nitrogen and oxygen atoms in total. The zero-order valence-corrected chi connectivity index (χ0v) is 16.4. The standard InChI is InChI=1S/C17H18F2N2.C2H6O2.C2H6/c1-10-3-7-14(11(2)9-10)21-17-15(20-12-4-5-12)8-6-13(18)16(17)19;3-1-2-4;1-2/h3,6-9,12,20-21H,4-5H2,1-2H3;3-4H,1-2H2;1-2H3. The smallest absolute Gasteiger partial charge is 0.184 e. The molecule has 0 unspecified atom stereocenters. The highest BCUT2D eigenvalue weighted by molar-refractivity contribution is 5.76. The Morgan fingerprint density at radius 3 is 2.07 bits per heavy atom. The van der Waals surface area contributed by atoms with E-state index in [2.05, 4.69) is 10.6 Å². The molecule has 0 aliphatic heterocycles. The molecule has 3 rings (SSSR count). The van der Waals surface area contributed by atoms with Gasteiger partial charge in [0.25, 0.3) is 0 Å². The van der Waals surface area contributed by atoms with Gasteiger partial charge in [-0.05, 0) is 50.5 Å². The van der Waals surface area contributed by atoms with Crippen LogP contribution in [0.1, 0.15) is 37.8 Å². The largest absolute Gasteiger partial charge is 0.394 e. The first-order valence-electron chi connectivity index (χ1n) is 9.26. The molecule has 2 aromatic carbocycles. The normalized spacial score (nSPS) is 12.3. The predicted octanol–water partition coefficient (Wildman–Crippen LogP) is 4.90. The lowest BCUT2D eigenvalue weighted by molar-refractivity contribution is 0.186. The minimum Gasteiger partial charge on any atom is -0.394 e. The highest BCUT2D eigenvalue weighted by Gasteiger charge is 2.24. The number of anilines is 3. The fraction of sp³-hybridized carbons (Fsp3) is 0.429. The maximum absolute atomic E-state index is 14.2. The van der Waals surface area contributed by atoms with Crippen molar-refractivity contribution in [2.24, 2.45) is 0 Å². The molecule has 2 aromatic rings. The van der Waals surface area contributed by atoms with Crippen molar-refractivity contribution in [1.82, 2.24) is 0 Å². The second kappa shape index (κ2) is 11.5. The summed E-state index contributed by atoms with van der Waals surface area (Å²) in [4.78, 5) is 0. The van der Waals surface area contributed by atoms with Crippen molar-refractivity contribution in [1.29, 1.82) is 0 Å². The van der Waals surface area contributed by atoms with Crippen LogP contribution < -0.4 is 10.6 Å². The van der Waals surface area contributed by atoms with Gasteiger partial charge >= 0.3 is 0 Å². The van der Waals surface area contributed by atoms with E-state index in [9.17, 15) is 8.78 Å². The lowest BCUT2D eigenvalue weighted by Crippen LogP contribution is -2.07. The SMILES string of the molecule is CC.Cc1ccc(Nc2c(NC3CC3)ccc(F)c2F)c(C)c1.OCCO. The van der Waals surface area contributed by atoms with Gasteiger partial charge in [-0.15, -0.1) is 0 Å². The molecular formula is C21H30F2N2O2. The third-order valence-electron chi connectivity index (χ3n) is 3.77. The number of aliphatic hydroxyl groups excluding tert-OH is 2. The molecule has 1 aliphatic carbocycles. The Kier molecular flexibility index (Phi) is 9.75. The summed E-state index contributed by atoms with van der Waals surface area (Å²) >= 11 is 0. The summed E-state index contributed by atoms with van der Waals surface area (Å²) in [5.41, 5.74) is 3.69. The second-order valence-electron chi connectivity index (χ2n) is 6.09. The van der Waals surface area contributed by atoms with Crippen molar-refractivity contribution in [3.8, 4) is 0 Å². The van der Waals surface area contributed by atoms with E-state index in [0.717, 1.165) is 35.7 Å². The van der Waals surface area contributed by atoms with Crippen LogP contribution in [-0.2, 0) is 0 Å². The van der Waals surface area contributed by atoms with Gasteiger partial charge in [0, 0.05) is 11.7 Å². The van der Waals surface area contributed by atoms with E-state index in [4.69, 9.17) is 10.2 Å². The van der Waals surface area contributed by atoms with E-state index >= 15 is 0 Å². The first-order valence-corrected chi connectivity index (χ1v) is 9.26. The fourth-order valence-electron chi connectivity index (χ4n) is 2.33. The van der Waals surface area contributed by atoms with Crippen molar-refractivity contribution in [2.75, 3.05) is 23.8 Å². The highest BCUT2D eigenvalue weighted by atomic mass is 19.2. The monoisotopic (exact) mass is 380 g/mol. The molecule has 150 valence electrons. The summed E-state index contributed by atoms with van der Waals surface area (Å²) in [7, 11) is 0. The number of hydrogen-bond donors (Lipinski definition) is 4. The van der Waals surface area contributed by atoms with E-state index in [1.165, 1.54) is 0 Å². The predicted molar refractivity (Wildman–Crippen MR) is 108 cm³/mol. The maximum atomic E-state index is 14.2. The number of aryl methyl sites for hydroxylation is 2. The lowest BCUT2D eigenvalue weighted by atomic mass is 10.1. The topological polar surface area (TPSA) is 64.5 Å². The molecule has 0 atom stereocenters. The zero-order chi connectivity index (χ0) is 20.4. The average molecular weight is 380 g/mol. The van der Waals surface area contributed by atoms with Crippen molar-refractivity contribution in [3.05, 3.63) is 53.1 Å². The third kappa shape index (κ3) is 7.15. The Morgan fingerprint density at radius 1 is 0.963 bits per heavy atom. The van der Waals surface area contributed by atoms with Crippen molar-refractivity contribution in [2.45, 2.75) is 46.6 Å². The summed E-state index contributed by atoms with van der Waals surface area (Å²) < 4.78 is 27.7. The van der Waals surface area contributed by atoms with E-state index in [0.29, 0.717) is 11.7 Å². The van der Waals surface area contributed by atoms with Crippen molar-refractivity contribution in [3.63, 3.8) is 0 Å². The van der Waals surface area contributed by atoms with Gasteiger partial charge in [0.1, 0.15) is 5.69 Å². The number of halogens is 2. The van der Waals surface area contributed by atoms with E-state index in [1.54, 1.807) is 6.07 Å². The number of hydrogen-bond acceptors (Lipinski definition) is 4. The van der Waals surface area contributed by atoms with Crippen LogP contribution in [0, 0.1) is 25.5 Å². The second-order valence-corrected chi connectivity index (χ2v) is 6.09. The van der Waals surface area contributed by atoms with Crippen molar-refractivity contribution < 1.29 is 19.0 Å². The molecule has 1 fully saturated rings. The van der Waals surface area contributed by atoms with Crippen LogP contribution in [0.15, 0.2) is 30.3 Å². The molecule has 0 bridgehead atoms. The highest BCUT2D eigenvalue weighted by Crippen LogP contribution is 2.35. The lowest BCUT2D eigenvalue weighted by Gasteiger charge is -2.16. The first kappa shape index (κ1) is 22.9. The number of rotatable bonds is 5. The van der Waals surface area contributed by atoms with Crippen LogP contribution in [0.25, 0.3) is 0 Å². The van der Waals surface area contributed by atoms with E-state index < -0.39 is 11.6 Å². The Morgan fingerprint density at radius 2 is 1.56 bits per heavy atom. The number of aliphatic hydroxyl groups is 2. The van der Waals surface area contributed by atoms with Gasteiger partial charge in [0.2, 0.25) is 0 Å². The molecule has 1 aliphatic rings. The van der Waals surface area contributed by atoms with Gasteiger partial charge in [0.05, 0.1) is 18.9 Å². The average Bonchev–Trinajstić information content (AvgIpc) is 3.49. The molecular weight excluding hydrogens is 350 g/mol. The van der Waals surface area contributed by atoms with Crippen LogP contribution in [0.3, 0.4) is 0 Å². The minimum atomic E-state index is -0.847. The molecule has 4 N–H and O–H groups in total. The van der Waals surface area contributed by atoms with Crippen molar-refractivity contribution >= 4 is 17.1 Å². The Bertz CT molecular complexity index is 718. The van der Waals surface area contributed by atoms with Gasteiger partial charge in [0.15, 0.2) is 11.6 Å². The van der Waals surface area contributed by atoms with Gasteiger partial charge < -0.3 is 20.8 Å². The fourth-order valence-corrected chi connectivity index (χ4v) is 2.33. The van der Waals surface area contributed by atoms with E-state index in [1.807, 2.05) is 45.9 Å². The Balaban J connectivity index is 0.000000541. The molecule has 0 amide bonds. The number of benzene rings is 2. The molecule has 0 saturated heterocycles. The Labute approximate surface area is 160 Å². The maximum Gasteiger partial charge on any atom is 0.184 e. The summed E-state index contributed by atoms with van der Waals surface area (Å²) in [6.07, 6.45) is 2.14. The van der Waals surface area contributed by atoms with Gasteiger partial charge in [-0.2, -0.15) is 0 Å². The third-order valence-corrected chi connectivity index (χ3v) is 3.77.